The van der Waals surface area contributed by atoms with E-state index in [0.29, 0.717) is 21.8 Å². The van der Waals surface area contributed by atoms with Gasteiger partial charge in [0.2, 0.25) is 0 Å². The summed E-state index contributed by atoms with van der Waals surface area (Å²) in [4.78, 5) is 28.1. The van der Waals surface area contributed by atoms with Gasteiger partial charge in [-0.2, -0.15) is 0 Å². The molecule has 0 saturated heterocycles. The van der Waals surface area contributed by atoms with E-state index in [9.17, 15) is 14.0 Å². The summed E-state index contributed by atoms with van der Waals surface area (Å²) in [5.74, 6) is -1.38. The maximum Gasteiger partial charge on any atom is 0.282 e. The molecule has 0 fully saturated rings. The molecule has 3 aromatic carbocycles. The maximum atomic E-state index is 13.5. The van der Waals surface area contributed by atoms with Crippen molar-refractivity contribution in [2.45, 2.75) is 20.8 Å². The van der Waals surface area contributed by atoms with Gasteiger partial charge in [-0.15, -0.1) is 0 Å². The summed E-state index contributed by atoms with van der Waals surface area (Å²) in [5.41, 5.74) is 4.70. The zero-order chi connectivity index (χ0) is 22.3. The lowest BCUT2D eigenvalue weighted by molar-refractivity contribution is -0.120. The van der Waals surface area contributed by atoms with Gasteiger partial charge in [0.25, 0.3) is 11.8 Å². The second-order valence-corrected chi connectivity index (χ2v) is 8.01. The summed E-state index contributed by atoms with van der Waals surface area (Å²) < 4.78 is 13.5. The van der Waals surface area contributed by atoms with E-state index in [1.54, 1.807) is 25.1 Å². The van der Waals surface area contributed by atoms with Crippen molar-refractivity contribution in [1.29, 1.82) is 0 Å². The molecule has 0 bridgehead atoms. The topological polar surface area (TPSA) is 49.4 Å². The molecule has 0 spiro atoms. The largest absolute Gasteiger partial charge is 0.350 e. The first-order valence-electron chi connectivity index (χ1n) is 9.75. The van der Waals surface area contributed by atoms with Crippen LogP contribution in [0, 0.1) is 26.6 Å². The lowest BCUT2D eigenvalue weighted by Crippen LogP contribution is -2.33. The van der Waals surface area contributed by atoms with Gasteiger partial charge in [-0.05, 0) is 73.9 Å². The molecule has 1 N–H and O–H groups in total. The van der Waals surface area contributed by atoms with E-state index in [0.717, 1.165) is 21.7 Å². The Hall–Kier alpha value is -3.44. The minimum atomic E-state index is -0.478. The molecule has 0 radical (unpaired) electrons. The first-order valence-corrected chi connectivity index (χ1v) is 10.1. The second-order valence-electron chi connectivity index (χ2n) is 7.58. The smallest absolute Gasteiger partial charge is 0.282 e. The van der Waals surface area contributed by atoms with Crippen LogP contribution in [-0.4, -0.2) is 11.8 Å². The van der Waals surface area contributed by atoms with E-state index in [-0.39, 0.29) is 11.3 Å². The molecule has 4 nitrogen and oxygen atoms in total. The van der Waals surface area contributed by atoms with E-state index in [2.05, 4.69) is 5.32 Å². The molecule has 156 valence electrons. The number of rotatable bonds is 4. The second kappa shape index (κ2) is 8.00. The van der Waals surface area contributed by atoms with Crippen molar-refractivity contribution in [2.75, 3.05) is 10.2 Å². The van der Waals surface area contributed by atoms with Crippen molar-refractivity contribution in [2.24, 2.45) is 0 Å². The van der Waals surface area contributed by atoms with E-state index < -0.39 is 17.6 Å². The Balaban J connectivity index is 1.85. The van der Waals surface area contributed by atoms with Crippen LogP contribution in [0.3, 0.4) is 0 Å². The van der Waals surface area contributed by atoms with Crippen molar-refractivity contribution in [3.8, 4) is 0 Å². The third-order valence-corrected chi connectivity index (χ3v) is 5.49. The molecular weight excluding hydrogens is 415 g/mol. The standard InChI is InChI=1S/C25H20ClFN2O2/c1-14-4-10-20(15(2)12-14)28-23-22(17-5-8-19(27)9-6-17)24(30)29(25(23)31)21-11-7-18(26)13-16(21)3/h4-13,28H,1-3H3. The van der Waals surface area contributed by atoms with E-state index in [4.69, 9.17) is 11.6 Å². The van der Waals surface area contributed by atoms with Crippen LogP contribution in [0.2, 0.25) is 5.02 Å². The average molecular weight is 435 g/mol. The zero-order valence-corrected chi connectivity index (χ0v) is 18.0. The summed E-state index contributed by atoms with van der Waals surface area (Å²) in [6.45, 7) is 5.69. The van der Waals surface area contributed by atoms with Crippen molar-refractivity contribution >= 4 is 40.4 Å². The average Bonchev–Trinajstić information content (AvgIpc) is 2.95. The molecule has 2 amide bonds. The number of hydrogen-bond donors (Lipinski definition) is 1. The summed E-state index contributed by atoms with van der Waals surface area (Å²) in [5, 5.41) is 3.67. The van der Waals surface area contributed by atoms with Crippen LogP contribution in [0.15, 0.2) is 66.4 Å². The van der Waals surface area contributed by atoms with Gasteiger partial charge in [-0.3, -0.25) is 9.59 Å². The lowest BCUT2D eigenvalue weighted by Gasteiger charge is -2.18. The van der Waals surface area contributed by atoms with Crippen LogP contribution < -0.4 is 10.2 Å². The Morgan fingerprint density at radius 2 is 1.55 bits per heavy atom. The van der Waals surface area contributed by atoms with Crippen LogP contribution in [0.5, 0.6) is 0 Å². The fourth-order valence-corrected chi connectivity index (χ4v) is 3.93. The highest BCUT2D eigenvalue weighted by Gasteiger charge is 2.41. The fourth-order valence-electron chi connectivity index (χ4n) is 3.71. The fraction of sp³-hybridized carbons (Fsp3) is 0.120. The van der Waals surface area contributed by atoms with Gasteiger partial charge >= 0.3 is 0 Å². The number of nitrogens with one attached hydrogen (secondary N) is 1. The maximum absolute atomic E-state index is 13.5. The molecule has 0 saturated carbocycles. The number of imide groups is 1. The Morgan fingerprint density at radius 1 is 0.839 bits per heavy atom. The van der Waals surface area contributed by atoms with E-state index >= 15 is 0 Å². The molecule has 1 heterocycles. The Morgan fingerprint density at radius 3 is 2.19 bits per heavy atom. The Kier molecular flexibility index (Phi) is 5.38. The number of hydrogen-bond acceptors (Lipinski definition) is 3. The van der Waals surface area contributed by atoms with Gasteiger partial charge in [0, 0.05) is 10.7 Å². The van der Waals surface area contributed by atoms with Gasteiger partial charge in [0.1, 0.15) is 11.5 Å². The predicted molar refractivity (Wildman–Crippen MR) is 122 cm³/mol. The van der Waals surface area contributed by atoms with Gasteiger partial charge in [0.15, 0.2) is 0 Å². The molecule has 0 atom stereocenters. The minimum absolute atomic E-state index is 0.151. The molecule has 1 aliphatic rings. The van der Waals surface area contributed by atoms with Gasteiger partial charge < -0.3 is 5.32 Å². The molecule has 4 rings (SSSR count). The number of carbonyl (C=O) groups is 2. The normalized spacial score (nSPS) is 13.9. The SMILES string of the molecule is Cc1ccc(NC2=C(c3ccc(F)cc3)C(=O)N(c3ccc(Cl)cc3C)C2=O)c(C)c1. The summed E-state index contributed by atoms with van der Waals surface area (Å²) in [7, 11) is 0. The van der Waals surface area contributed by atoms with Crippen molar-refractivity contribution in [3.05, 3.63) is 99.5 Å². The lowest BCUT2D eigenvalue weighted by atomic mass is 10.0. The number of aryl methyl sites for hydroxylation is 3. The number of halogens is 2. The monoisotopic (exact) mass is 434 g/mol. The van der Waals surface area contributed by atoms with Crippen molar-refractivity contribution in [3.63, 3.8) is 0 Å². The first-order chi connectivity index (χ1) is 14.8. The molecule has 0 aromatic heterocycles. The highest BCUT2D eigenvalue weighted by Crippen LogP contribution is 2.36. The number of carbonyl (C=O) groups excluding carboxylic acids is 2. The third-order valence-electron chi connectivity index (χ3n) is 5.26. The predicted octanol–water partition coefficient (Wildman–Crippen LogP) is 5.80. The Labute approximate surface area is 185 Å². The molecule has 6 heteroatoms. The van der Waals surface area contributed by atoms with Crippen LogP contribution in [0.1, 0.15) is 22.3 Å². The van der Waals surface area contributed by atoms with Crippen LogP contribution in [0.4, 0.5) is 15.8 Å². The molecule has 1 aliphatic heterocycles. The number of nitrogens with zero attached hydrogens (tertiary/aromatic N) is 1. The van der Waals surface area contributed by atoms with E-state index in [1.807, 2.05) is 32.0 Å². The highest BCUT2D eigenvalue weighted by atomic mass is 35.5. The van der Waals surface area contributed by atoms with E-state index in [1.165, 1.54) is 24.3 Å². The number of amides is 2. The van der Waals surface area contributed by atoms with Gasteiger partial charge in [-0.1, -0.05) is 41.4 Å². The number of anilines is 2. The zero-order valence-electron chi connectivity index (χ0n) is 17.3. The summed E-state index contributed by atoms with van der Waals surface area (Å²) >= 11 is 6.06. The molecule has 0 unspecified atom stereocenters. The molecular formula is C25H20ClFN2O2. The number of benzene rings is 3. The van der Waals surface area contributed by atoms with Gasteiger partial charge in [0.05, 0.1) is 11.3 Å². The highest BCUT2D eigenvalue weighted by molar-refractivity contribution is 6.46. The molecule has 0 aliphatic carbocycles. The van der Waals surface area contributed by atoms with Crippen LogP contribution >= 0.6 is 11.6 Å². The van der Waals surface area contributed by atoms with Crippen LogP contribution in [0.25, 0.3) is 5.57 Å². The summed E-state index contributed by atoms with van der Waals surface area (Å²) in [6, 6.07) is 16.3. The van der Waals surface area contributed by atoms with Crippen molar-refractivity contribution < 1.29 is 14.0 Å². The van der Waals surface area contributed by atoms with Gasteiger partial charge in [-0.25, -0.2) is 9.29 Å². The van der Waals surface area contributed by atoms with Crippen LogP contribution in [-0.2, 0) is 9.59 Å². The molecule has 31 heavy (non-hydrogen) atoms. The third kappa shape index (κ3) is 3.84. The minimum Gasteiger partial charge on any atom is -0.350 e. The Bertz CT molecular complexity index is 1250. The molecule has 3 aromatic rings. The summed E-state index contributed by atoms with van der Waals surface area (Å²) in [6.07, 6.45) is 0. The van der Waals surface area contributed by atoms with Crippen molar-refractivity contribution in [1.82, 2.24) is 0 Å². The first kappa shape index (κ1) is 20.8. The quantitative estimate of drug-likeness (QED) is 0.528.